The summed E-state index contributed by atoms with van der Waals surface area (Å²) in [7, 11) is 0. The van der Waals surface area contributed by atoms with Crippen molar-refractivity contribution < 1.29 is 34.3 Å². The fraction of sp³-hybridized carbons (Fsp3) is 1.00. The van der Waals surface area contributed by atoms with Gasteiger partial charge in [-0.25, -0.2) is 0 Å². The zero-order chi connectivity index (χ0) is 31.9. The average Bonchev–Trinajstić information content (AvgIpc) is 3.57. The fourth-order valence-corrected chi connectivity index (χ4v) is 13.9. The van der Waals surface area contributed by atoms with Crippen molar-refractivity contribution in [3.8, 4) is 0 Å². The first-order valence-corrected chi connectivity index (χ1v) is 18.4. The molecule has 8 aliphatic rings. The van der Waals surface area contributed by atoms with Crippen molar-refractivity contribution in [1.29, 1.82) is 0 Å². The normalized spacial score (nSPS) is 54.9. The number of nitrogens with zero attached hydrogens (tertiary/aromatic N) is 1. The lowest BCUT2D eigenvalue weighted by Crippen LogP contribution is -2.60. The van der Waals surface area contributed by atoms with E-state index < -0.39 is 23.9 Å². The van der Waals surface area contributed by atoms with Gasteiger partial charge in [-0.15, -0.1) is 0 Å². The van der Waals surface area contributed by atoms with Crippen molar-refractivity contribution in [2.75, 3.05) is 32.9 Å². The maximum absolute atomic E-state index is 12.4. The van der Waals surface area contributed by atoms with Gasteiger partial charge >= 0.3 is 0 Å². The molecular formula is C37H61NO7. The van der Waals surface area contributed by atoms with Crippen molar-refractivity contribution >= 4 is 0 Å². The summed E-state index contributed by atoms with van der Waals surface area (Å²) in [5.41, 5.74) is -0.794. The van der Waals surface area contributed by atoms with Gasteiger partial charge in [0.15, 0.2) is 6.29 Å². The van der Waals surface area contributed by atoms with Gasteiger partial charge in [-0.3, -0.25) is 4.90 Å². The number of fused-ring (bicyclic) bond motifs is 4. The van der Waals surface area contributed by atoms with E-state index in [9.17, 15) is 15.3 Å². The molecule has 0 amide bonds. The Bertz CT molecular complexity index is 1170. The van der Waals surface area contributed by atoms with E-state index in [1.807, 2.05) is 0 Å². The van der Waals surface area contributed by atoms with Gasteiger partial charge in [-0.2, -0.15) is 0 Å². The minimum Gasteiger partial charge on any atom is -0.390 e. The first-order chi connectivity index (χ1) is 21.1. The van der Waals surface area contributed by atoms with Crippen molar-refractivity contribution in [1.82, 2.24) is 4.90 Å². The van der Waals surface area contributed by atoms with Crippen LogP contribution in [-0.4, -0.2) is 102 Å². The Hall–Kier alpha value is -0.320. The number of ether oxygens (including phenoxy) is 4. The summed E-state index contributed by atoms with van der Waals surface area (Å²) in [5.74, 6) is 1.67. The second-order valence-electron chi connectivity index (χ2n) is 18.8. The van der Waals surface area contributed by atoms with Crippen LogP contribution >= 0.6 is 0 Å². The highest BCUT2D eigenvalue weighted by molar-refractivity contribution is 5.33. The molecule has 8 fully saturated rings. The summed E-state index contributed by atoms with van der Waals surface area (Å²) < 4.78 is 25.2. The van der Waals surface area contributed by atoms with Crippen LogP contribution < -0.4 is 0 Å². The van der Waals surface area contributed by atoms with Gasteiger partial charge < -0.3 is 34.3 Å². The summed E-state index contributed by atoms with van der Waals surface area (Å²) in [4.78, 5) is 2.50. The second-order valence-corrected chi connectivity index (χ2v) is 18.8. The first kappa shape index (κ1) is 31.9. The van der Waals surface area contributed by atoms with Crippen LogP contribution in [-0.2, 0) is 18.9 Å². The summed E-state index contributed by atoms with van der Waals surface area (Å²) in [5, 5.41) is 34.1. The third-order valence-electron chi connectivity index (χ3n) is 16.4. The molecule has 0 aromatic carbocycles. The van der Waals surface area contributed by atoms with Crippen LogP contribution in [0.5, 0.6) is 0 Å². The Morgan fingerprint density at radius 3 is 2.38 bits per heavy atom. The van der Waals surface area contributed by atoms with Crippen molar-refractivity contribution in [2.45, 2.75) is 148 Å². The topological polar surface area (TPSA) is 101 Å². The molecule has 8 nitrogen and oxygen atoms in total. The molecule has 45 heavy (non-hydrogen) atoms. The van der Waals surface area contributed by atoms with Crippen LogP contribution in [0.1, 0.15) is 99.8 Å². The molecule has 3 aliphatic heterocycles. The highest BCUT2D eigenvalue weighted by atomic mass is 16.7. The van der Waals surface area contributed by atoms with Crippen LogP contribution in [0.25, 0.3) is 0 Å². The quantitative estimate of drug-likeness (QED) is 0.412. The third kappa shape index (κ3) is 4.12. The summed E-state index contributed by atoms with van der Waals surface area (Å²) in [6.45, 7) is 19.7. The zero-order valence-corrected chi connectivity index (χ0v) is 29.0. The van der Waals surface area contributed by atoms with E-state index in [1.54, 1.807) is 13.8 Å². The Kier molecular flexibility index (Phi) is 7.18. The van der Waals surface area contributed by atoms with E-state index in [1.165, 1.54) is 25.7 Å². The molecule has 8 rings (SSSR count). The van der Waals surface area contributed by atoms with Crippen LogP contribution in [0, 0.1) is 50.7 Å². The lowest BCUT2D eigenvalue weighted by atomic mass is 9.41. The van der Waals surface area contributed by atoms with E-state index in [0.29, 0.717) is 34.6 Å². The molecule has 0 bridgehead atoms. The maximum atomic E-state index is 12.4. The van der Waals surface area contributed by atoms with Crippen LogP contribution in [0.2, 0.25) is 0 Å². The number of hydrogen-bond donors (Lipinski definition) is 3. The molecule has 0 aromatic heterocycles. The van der Waals surface area contributed by atoms with E-state index in [-0.39, 0.29) is 40.7 Å². The van der Waals surface area contributed by atoms with Crippen LogP contribution in [0.15, 0.2) is 0 Å². The molecule has 1 unspecified atom stereocenters. The number of aliphatic hydroxyl groups is 3. The SMILES string of the molecule is C[C@@H]1C[C@H]([C@H](O)C(C)(C)O)O[C@@H]2C(O)[C@@]3(C)[C@@H]4CC[C@H]5C(C)(C)[C@@H](O[C@H]6CN(C7COC7)CCO6)CC[C@@]56C[C@@]46CC[C@]3(C)[C@@H]12. The second kappa shape index (κ2) is 10.1. The standard InChI is InChI=1S/C37H61NO7/c1-21-16-23(30(39)33(4,5)41)44-29-28(21)34(6)12-13-37-20-36(37)11-10-26(45-27-17-38(14-15-43-27)22-18-42-19-22)32(2,3)24(36)8-9-25(37)35(34,7)31(29)40/h21-31,39-41H,8-20H2,1-7H3/t21-,23-,24+,25+,26+,27+,28+,29+,30+,31?,34-,35-,36-,37+/m1/s1. The molecule has 5 aliphatic carbocycles. The lowest BCUT2D eigenvalue weighted by molar-refractivity contribution is -0.256. The zero-order valence-electron chi connectivity index (χ0n) is 29.0. The molecule has 3 saturated heterocycles. The fourth-order valence-electron chi connectivity index (χ4n) is 13.9. The van der Waals surface area contributed by atoms with Crippen LogP contribution in [0.3, 0.4) is 0 Å². The minimum atomic E-state index is -1.24. The first-order valence-electron chi connectivity index (χ1n) is 18.4. The molecule has 0 radical (unpaired) electrons. The lowest BCUT2D eigenvalue weighted by Gasteiger charge is -2.64. The van der Waals surface area contributed by atoms with Gasteiger partial charge in [-0.1, -0.05) is 34.6 Å². The molecule has 8 heteroatoms. The molecular weight excluding hydrogens is 570 g/mol. The molecule has 3 heterocycles. The van der Waals surface area contributed by atoms with Gasteiger partial charge in [0.2, 0.25) is 0 Å². The molecule has 14 atom stereocenters. The van der Waals surface area contributed by atoms with Gasteiger partial charge in [0, 0.05) is 12.0 Å². The smallest absolute Gasteiger partial charge is 0.170 e. The van der Waals surface area contributed by atoms with Crippen molar-refractivity contribution in [3.05, 3.63) is 0 Å². The van der Waals surface area contributed by atoms with E-state index in [0.717, 1.165) is 58.6 Å². The van der Waals surface area contributed by atoms with Gasteiger partial charge in [0.05, 0.1) is 62.4 Å². The molecule has 3 N–H and O–H groups in total. The Balaban J connectivity index is 1.03. The Morgan fingerprint density at radius 2 is 1.69 bits per heavy atom. The number of hydrogen-bond acceptors (Lipinski definition) is 8. The number of aliphatic hydroxyl groups excluding tert-OH is 2. The van der Waals surface area contributed by atoms with E-state index >= 15 is 0 Å². The van der Waals surface area contributed by atoms with Gasteiger partial charge in [0.1, 0.15) is 6.10 Å². The van der Waals surface area contributed by atoms with Crippen molar-refractivity contribution in [3.63, 3.8) is 0 Å². The number of rotatable bonds is 5. The molecule has 0 aromatic rings. The summed E-state index contributed by atoms with van der Waals surface area (Å²) >= 11 is 0. The molecule has 2 spiro atoms. The van der Waals surface area contributed by atoms with Crippen molar-refractivity contribution in [2.24, 2.45) is 50.7 Å². The predicted molar refractivity (Wildman–Crippen MR) is 169 cm³/mol. The third-order valence-corrected chi connectivity index (χ3v) is 16.4. The van der Waals surface area contributed by atoms with Gasteiger partial charge in [-0.05, 0) is 111 Å². The average molecular weight is 632 g/mol. The monoisotopic (exact) mass is 631 g/mol. The highest BCUT2D eigenvalue weighted by Crippen LogP contribution is 2.89. The maximum Gasteiger partial charge on any atom is 0.170 e. The predicted octanol–water partition coefficient (Wildman–Crippen LogP) is 4.37. The Labute approximate surface area is 270 Å². The van der Waals surface area contributed by atoms with Crippen LogP contribution in [0.4, 0.5) is 0 Å². The summed E-state index contributed by atoms with van der Waals surface area (Å²) in [6.07, 6.45) is 6.81. The largest absolute Gasteiger partial charge is 0.390 e. The molecule has 256 valence electrons. The van der Waals surface area contributed by atoms with Gasteiger partial charge in [0.25, 0.3) is 0 Å². The highest BCUT2D eigenvalue weighted by Gasteiger charge is 2.84. The Morgan fingerprint density at radius 1 is 0.978 bits per heavy atom. The number of morpholine rings is 1. The summed E-state index contributed by atoms with van der Waals surface area (Å²) in [6, 6.07) is 0.517. The molecule has 5 saturated carbocycles. The minimum absolute atomic E-state index is 0.0147. The van der Waals surface area contributed by atoms with E-state index in [2.05, 4.69) is 39.5 Å². The van der Waals surface area contributed by atoms with E-state index in [4.69, 9.17) is 18.9 Å².